The van der Waals surface area contributed by atoms with E-state index in [1.165, 1.54) is 5.56 Å². The first-order valence-electron chi connectivity index (χ1n) is 6.30. The molecule has 2 rings (SSSR count). The van der Waals surface area contributed by atoms with E-state index in [2.05, 4.69) is 0 Å². The molecular formula is C14H20N2O2. The second kappa shape index (κ2) is 5.50. The van der Waals surface area contributed by atoms with Gasteiger partial charge in [-0.3, -0.25) is 4.79 Å². The molecule has 18 heavy (non-hydrogen) atoms. The standard InChI is InChI=1S/C14H20N2O2/c1-10-3-4-12(7-11(10)2)14(17)16-5-6-18-13(8-15)9-16/h3-4,7,13H,5-6,8-9,15H2,1-2H3. The van der Waals surface area contributed by atoms with E-state index in [4.69, 9.17) is 10.5 Å². The zero-order chi connectivity index (χ0) is 13.1. The third kappa shape index (κ3) is 2.71. The zero-order valence-electron chi connectivity index (χ0n) is 11.0. The summed E-state index contributed by atoms with van der Waals surface area (Å²) in [7, 11) is 0. The van der Waals surface area contributed by atoms with E-state index in [9.17, 15) is 4.79 Å². The summed E-state index contributed by atoms with van der Waals surface area (Å²) in [6.07, 6.45) is -0.0331. The monoisotopic (exact) mass is 248 g/mol. The molecule has 1 aromatic carbocycles. The number of nitrogens with two attached hydrogens (primary N) is 1. The minimum Gasteiger partial charge on any atom is -0.373 e. The van der Waals surface area contributed by atoms with Crippen molar-refractivity contribution in [2.45, 2.75) is 20.0 Å². The van der Waals surface area contributed by atoms with Crippen molar-refractivity contribution in [1.29, 1.82) is 0 Å². The Morgan fingerprint density at radius 3 is 2.89 bits per heavy atom. The number of carbonyl (C=O) groups excluding carboxylic acids is 1. The lowest BCUT2D eigenvalue weighted by molar-refractivity contribution is -0.0167. The number of ether oxygens (including phenoxy) is 1. The van der Waals surface area contributed by atoms with Crippen molar-refractivity contribution in [1.82, 2.24) is 4.90 Å². The van der Waals surface area contributed by atoms with E-state index in [1.807, 2.05) is 36.9 Å². The number of morpholine rings is 1. The van der Waals surface area contributed by atoms with E-state index in [0.717, 1.165) is 11.1 Å². The van der Waals surface area contributed by atoms with Crippen LogP contribution in [-0.4, -0.2) is 43.2 Å². The molecule has 4 heteroatoms. The summed E-state index contributed by atoms with van der Waals surface area (Å²) in [5, 5.41) is 0. The Bertz CT molecular complexity index is 445. The summed E-state index contributed by atoms with van der Waals surface area (Å²) in [5.41, 5.74) is 8.68. The van der Waals surface area contributed by atoms with Crippen LogP contribution in [0.1, 0.15) is 21.5 Å². The van der Waals surface area contributed by atoms with Gasteiger partial charge in [0.25, 0.3) is 5.91 Å². The Hall–Kier alpha value is -1.39. The molecule has 1 fully saturated rings. The number of hydrogen-bond donors (Lipinski definition) is 1. The van der Waals surface area contributed by atoms with Crippen LogP contribution < -0.4 is 5.73 Å². The summed E-state index contributed by atoms with van der Waals surface area (Å²) >= 11 is 0. The average Bonchev–Trinajstić information content (AvgIpc) is 2.41. The number of rotatable bonds is 2. The number of aryl methyl sites for hydroxylation is 2. The van der Waals surface area contributed by atoms with Crippen LogP contribution in [0, 0.1) is 13.8 Å². The van der Waals surface area contributed by atoms with Crippen molar-refractivity contribution >= 4 is 5.91 Å². The maximum absolute atomic E-state index is 12.4. The molecule has 2 N–H and O–H groups in total. The number of benzene rings is 1. The van der Waals surface area contributed by atoms with Gasteiger partial charge in [0.1, 0.15) is 0 Å². The number of carbonyl (C=O) groups is 1. The number of amides is 1. The Morgan fingerprint density at radius 1 is 1.44 bits per heavy atom. The molecule has 1 aromatic rings. The third-order valence-corrected chi connectivity index (χ3v) is 3.44. The van der Waals surface area contributed by atoms with Crippen molar-refractivity contribution in [2.24, 2.45) is 5.73 Å². The molecule has 0 aromatic heterocycles. The molecule has 98 valence electrons. The van der Waals surface area contributed by atoms with Gasteiger partial charge in [-0.1, -0.05) is 6.07 Å². The van der Waals surface area contributed by atoms with Gasteiger partial charge < -0.3 is 15.4 Å². The van der Waals surface area contributed by atoms with Crippen molar-refractivity contribution in [3.63, 3.8) is 0 Å². The van der Waals surface area contributed by atoms with E-state index in [1.54, 1.807) is 0 Å². The minimum absolute atomic E-state index is 0.0331. The van der Waals surface area contributed by atoms with Crippen molar-refractivity contribution < 1.29 is 9.53 Å². The van der Waals surface area contributed by atoms with E-state index >= 15 is 0 Å². The summed E-state index contributed by atoms with van der Waals surface area (Å²) in [5.74, 6) is 0.0693. The summed E-state index contributed by atoms with van der Waals surface area (Å²) in [6, 6.07) is 5.82. The Kier molecular flexibility index (Phi) is 3.99. The zero-order valence-corrected chi connectivity index (χ0v) is 11.0. The van der Waals surface area contributed by atoms with Crippen LogP contribution in [-0.2, 0) is 4.74 Å². The molecular weight excluding hydrogens is 228 g/mol. The highest BCUT2D eigenvalue weighted by molar-refractivity contribution is 5.94. The first-order chi connectivity index (χ1) is 8.61. The summed E-state index contributed by atoms with van der Waals surface area (Å²) in [6.45, 7) is 6.32. The summed E-state index contributed by atoms with van der Waals surface area (Å²) in [4.78, 5) is 14.2. The third-order valence-electron chi connectivity index (χ3n) is 3.44. The second-order valence-electron chi connectivity index (χ2n) is 4.78. The topological polar surface area (TPSA) is 55.6 Å². The highest BCUT2D eigenvalue weighted by Gasteiger charge is 2.24. The number of nitrogens with zero attached hydrogens (tertiary/aromatic N) is 1. The molecule has 4 nitrogen and oxygen atoms in total. The quantitative estimate of drug-likeness (QED) is 0.852. The molecule has 0 spiro atoms. The Morgan fingerprint density at radius 2 is 2.22 bits per heavy atom. The molecule has 1 amide bonds. The van der Waals surface area contributed by atoms with Crippen LogP contribution in [0.15, 0.2) is 18.2 Å². The lowest BCUT2D eigenvalue weighted by Crippen LogP contribution is -2.48. The van der Waals surface area contributed by atoms with Gasteiger partial charge in [-0.15, -0.1) is 0 Å². The van der Waals surface area contributed by atoms with E-state index in [0.29, 0.717) is 26.2 Å². The fraction of sp³-hybridized carbons (Fsp3) is 0.500. The van der Waals surface area contributed by atoms with Crippen molar-refractivity contribution in [2.75, 3.05) is 26.2 Å². The lowest BCUT2D eigenvalue weighted by atomic mass is 10.1. The van der Waals surface area contributed by atoms with Gasteiger partial charge in [0.2, 0.25) is 0 Å². The van der Waals surface area contributed by atoms with Gasteiger partial charge in [-0.25, -0.2) is 0 Å². The Labute approximate surface area is 108 Å². The molecule has 0 radical (unpaired) electrons. The predicted octanol–water partition coefficient (Wildman–Crippen LogP) is 1.10. The van der Waals surface area contributed by atoms with Crippen LogP contribution in [0.3, 0.4) is 0 Å². The van der Waals surface area contributed by atoms with Crippen LogP contribution in [0.4, 0.5) is 0 Å². The average molecular weight is 248 g/mol. The highest BCUT2D eigenvalue weighted by Crippen LogP contribution is 2.14. The first kappa shape index (κ1) is 13.1. The molecule has 1 aliphatic rings. The highest BCUT2D eigenvalue weighted by atomic mass is 16.5. The fourth-order valence-corrected chi connectivity index (χ4v) is 2.10. The molecule has 1 aliphatic heterocycles. The van der Waals surface area contributed by atoms with Crippen LogP contribution >= 0.6 is 0 Å². The van der Waals surface area contributed by atoms with Crippen LogP contribution in [0.5, 0.6) is 0 Å². The van der Waals surface area contributed by atoms with Gasteiger partial charge >= 0.3 is 0 Å². The minimum atomic E-state index is -0.0331. The maximum Gasteiger partial charge on any atom is 0.254 e. The summed E-state index contributed by atoms with van der Waals surface area (Å²) < 4.78 is 5.47. The first-order valence-corrected chi connectivity index (χ1v) is 6.30. The largest absolute Gasteiger partial charge is 0.373 e. The fourth-order valence-electron chi connectivity index (χ4n) is 2.10. The Balaban J connectivity index is 2.12. The predicted molar refractivity (Wildman–Crippen MR) is 70.6 cm³/mol. The van der Waals surface area contributed by atoms with E-state index < -0.39 is 0 Å². The molecule has 1 heterocycles. The molecule has 1 saturated heterocycles. The molecule has 0 aliphatic carbocycles. The molecule has 0 saturated carbocycles. The normalized spacial score (nSPS) is 19.9. The SMILES string of the molecule is Cc1ccc(C(=O)N2CCOC(CN)C2)cc1C. The van der Waals surface area contributed by atoms with E-state index in [-0.39, 0.29) is 12.0 Å². The molecule has 1 unspecified atom stereocenters. The van der Waals surface area contributed by atoms with Crippen molar-refractivity contribution in [3.05, 3.63) is 34.9 Å². The van der Waals surface area contributed by atoms with Crippen LogP contribution in [0.25, 0.3) is 0 Å². The van der Waals surface area contributed by atoms with Gasteiger partial charge in [-0.2, -0.15) is 0 Å². The van der Waals surface area contributed by atoms with Gasteiger partial charge in [-0.05, 0) is 37.1 Å². The van der Waals surface area contributed by atoms with Gasteiger partial charge in [0.15, 0.2) is 0 Å². The lowest BCUT2D eigenvalue weighted by Gasteiger charge is -2.32. The molecule has 1 atom stereocenters. The maximum atomic E-state index is 12.4. The number of hydrogen-bond acceptors (Lipinski definition) is 3. The van der Waals surface area contributed by atoms with Gasteiger partial charge in [0.05, 0.1) is 12.7 Å². The second-order valence-corrected chi connectivity index (χ2v) is 4.78. The smallest absolute Gasteiger partial charge is 0.254 e. The molecule has 0 bridgehead atoms. The van der Waals surface area contributed by atoms with Crippen LogP contribution in [0.2, 0.25) is 0 Å². The van der Waals surface area contributed by atoms with Gasteiger partial charge in [0, 0.05) is 25.2 Å². The van der Waals surface area contributed by atoms with Crippen molar-refractivity contribution in [3.8, 4) is 0 Å².